The van der Waals surface area contributed by atoms with E-state index in [1.807, 2.05) is 6.07 Å². The number of ether oxygens (including phenoxy) is 1. The van der Waals surface area contributed by atoms with Gasteiger partial charge in [0.1, 0.15) is 6.61 Å². The summed E-state index contributed by atoms with van der Waals surface area (Å²) in [5, 5.41) is 8.63. The molecule has 0 N–H and O–H groups in total. The van der Waals surface area contributed by atoms with Crippen molar-refractivity contribution in [3.05, 3.63) is 29.6 Å². The molecule has 19 heavy (non-hydrogen) atoms. The number of Topliss-reactive ketones (excluding diaryl/α,β-unsaturated/α-hetero) is 1. The molecule has 0 amide bonds. The van der Waals surface area contributed by atoms with E-state index in [1.54, 1.807) is 0 Å². The van der Waals surface area contributed by atoms with E-state index in [4.69, 9.17) is 10.00 Å². The second-order valence-electron chi connectivity index (χ2n) is 4.85. The van der Waals surface area contributed by atoms with Gasteiger partial charge in [0.25, 0.3) is 0 Å². The van der Waals surface area contributed by atoms with Gasteiger partial charge in [0, 0.05) is 5.92 Å². The third-order valence-corrected chi connectivity index (χ3v) is 3.49. The molecule has 0 aromatic heterocycles. The fourth-order valence-corrected chi connectivity index (χ4v) is 2.38. The average molecular weight is 261 g/mol. The largest absolute Gasteiger partial charge is 0.483 e. The first-order chi connectivity index (χ1) is 9.20. The second-order valence-corrected chi connectivity index (χ2v) is 4.85. The molecule has 1 aliphatic carbocycles. The molecule has 0 atom stereocenters. The Morgan fingerprint density at radius 3 is 2.74 bits per heavy atom. The lowest BCUT2D eigenvalue weighted by Gasteiger charge is -2.20. The smallest absolute Gasteiger partial charge is 0.173 e. The number of halogens is 1. The van der Waals surface area contributed by atoms with Gasteiger partial charge in [-0.05, 0) is 31.0 Å². The van der Waals surface area contributed by atoms with E-state index in [1.165, 1.54) is 18.6 Å². The van der Waals surface area contributed by atoms with Crippen LogP contribution in [-0.4, -0.2) is 12.4 Å². The Bertz CT molecular complexity index is 501. The van der Waals surface area contributed by atoms with Crippen LogP contribution in [0.2, 0.25) is 0 Å². The molecule has 100 valence electrons. The first kappa shape index (κ1) is 13.5. The first-order valence-electron chi connectivity index (χ1n) is 6.56. The molecule has 3 nitrogen and oxygen atoms in total. The van der Waals surface area contributed by atoms with Gasteiger partial charge >= 0.3 is 0 Å². The standard InChI is InChI=1S/C15H16FNO2/c16-13-8-11(9-17)6-7-15(13)19-10-14(18)12-4-2-1-3-5-12/h6-8,12H,1-5,10H2. The maximum absolute atomic E-state index is 13.5. The molecule has 1 aromatic carbocycles. The summed E-state index contributed by atoms with van der Waals surface area (Å²) < 4.78 is 18.8. The third-order valence-electron chi connectivity index (χ3n) is 3.49. The van der Waals surface area contributed by atoms with Gasteiger partial charge in [-0.25, -0.2) is 4.39 Å². The van der Waals surface area contributed by atoms with Crippen LogP contribution in [0.5, 0.6) is 5.75 Å². The minimum atomic E-state index is -0.601. The van der Waals surface area contributed by atoms with Gasteiger partial charge in [-0.3, -0.25) is 4.79 Å². The lowest BCUT2D eigenvalue weighted by Crippen LogP contribution is -2.23. The Kier molecular flexibility index (Phi) is 4.51. The Morgan fingerprint density at radius 1 is 1.37 bits per heavy atom. The van der Waals surface area contributed by atoms with Gasteiger partial charge in [-0.1, -0.05) is 19.3 Å². The molecule has 4 heteroatoms. The van der Waals surface area contributed by atoms with Crippen LogP contribution >= 0.6 is 0 Å². The number of rotatable bonds is 4. The number of hydrogen-bond acceptors (Lipinski definition) is 3. The van der Waals surface area contributed by atoms with Crippen LogP contribution in [0.4, 0.5) is 4.39 Å². The molecule has 0 saturated heterocycles. The molecule has 0 unspecified atom stereocenters. The summed E-state index contributed by atoms with van der Waals surface area (Å²) >= 11 is 0. The molecule has 1 aromatic rings. The zero-order valence-electron chi connectivity index (χ0n) is 10.7. The number of ketones is 1. The van der Waals surface area contributed by atoms with Crippen molar-refractivity contribution in [1.29, 1.82) is 5.26 Å². The van der Waals surface area contributed by atoms with E-state index in [2.05, 4.69) is 0 Å². The topological polar surface area (TPSA) is 50.1 Å². The van der Waals surface area contributed by atoms with Crippen molar-refractivity contribution in [2.24, 2.45) is 5.92 Å². The van der Waals surface area contributed by atoms with Crippen LogP contribution in [0.1, 0.15) is 37.7 Å². The number of carbonyl (C=O) groups excluding carboxylic acids is 1. The van der Waals surface area contributed by atoms with E-state index < -0.39 is 5.82 Å². The van der Waals surface area contributed by atoms with Crippen molar-refractivity contribution in [3.63, 3.8) is 0 Å². The lowest BCUT2D eigenvalue weighted by atomic mass is 9.86. The molecule has 1 saturated carbocycles. The number of nitrogens with zero attached hydrogens (tertiary/aromatic N) is 1. The van der Waals surface area contributed by atoms with Crippen LogP contribution < -0.4 is 4.74 Å². The summed E-state index contributed by atoms with van der Waals surface area (Å²) in [6, 6.07) is 5.83. The molecular formula is C15H16FNO2. The molecule has 0 aliphatic heterocycles. The lowest BCUT2D eigenvalue weighted by molar-refractivity contribution is -0.125. The summed E-state index contributed by atoms with van der Waals surface area (Å²) in [7, 11) is 0. The van der Waals surface area contributed by atoms with Crippen LogP contribution in [0.25, 0.3) is 0 Å². The number of benzene rings is 1. The fraction of sp³-hybridized carbons (Fsp3) is 0.467. The van der Waals surface area contributed by atoms with Gasteiger partial charge in [0.2, 0.25) is 0 Å². The third kappa shape index (κ3) is 3.54. The number of hydrogen-bond donors (Lipinski definition) is 0. The maximum Gasteiger partial charge on any atom is 0.173 e. The number of carbonyl (C=O) groups is 1. The average Bonchev–Trinajstić information content (AvgIpc) is 2.46. The maximum atomic E-state index is 13.5. The van der Waals surface area contributed by atoms with Gasteiger partial charge < -0.3 is 4.74 Å². The van der Waals surface area contributed by atoms with Gasteiger partial charge in [-0.15, -0.1) is 0 Å². The van der Waals surface area contributed by atoms with Crippen molar-refractivity contribution in [2.45, 2.75) is 32.1 Å². The van der Waals surface area contributed by atoms with Crippen molar-refractivity contribution < 1.29 is 13.9 Å². The van der Waals surface area contributed by atoms with E-state index in [0.717, 1.165) is 31.7 Å². The normalized spacial score (nSPS) is 15.8. The number of nitriles is 1. The quantitative estimate of drug-likeness (QED) is 0.836. The Hall–Kier alpha value is -1.89. The highest BCUT2D eigenvalue weighted by Crippen LogP contribution is 2.25. The Labute approximate surface area is 112 Å². The predicted molar refractivity (Wildman–Crippen MR) is 68.2 cm³/mol. The monoisotopic (exact) mass is 261 g/mol. The van der Waals surface area contributed by atoms with Crippen molar-refractivity contribution in [3.8, 4) is 11.8 Å². The molecule has 0 radical (unpaired) electrons. The highest BCUT2D eigenvalue weighted by molar-refractivity contribution is 5.82. The van der Waals surface area contributed by atoms with Crippen LogP contribution in [0.3, 0.4) is 0 Å². The van der Waals surface area contributed by atoms with Gasteiger partial charge in [0.05, 0.1) is 11.6 Å². The van der Waals surface area contributed by atoms with Crippen LogP contribution in [0.15, 0.2) is 18.2 Å². The van der Waals surface area contributed by atoms with E-state index in [-0.39, 0.29) is 29.6 Å². The van der Waals surface area contributed by atoms with Gasteiger partial charge in [0.15, 0.2) is 17.3 Å². The van der Waals surface area contributed by atoms with Crippen LogP contribution in [0, 0.1) is 23.1 Å². The summed E-state index contributed by atoms with van der Waals surface area (Å²) in [6.07, 6.45) is 5.19. The van der Waals surface area contributed by atoms with Crippen molar-refractivity contribution >= 4 is 5.78 Å². The summed E-state index contributed by atoms with van der Waals surface area (Å²) in [5.41, 5.74) is 0.239. The molecule has 0 heterocycles. The molecule has 1 fully saturated rings. The van der Waals surface area contributed by atoms with Gasteiger partial charge in [-0.2, -0.15) is 5.26 Å². The summed E-state index contributed by atoms with van der Waals surface area (Å²) in [4.78, 5) is 11.9. The van der Waals surface area contributed by atoms with Crippen molar-refractivity contribution in [2.75, 3.05) is 6.61 Å². The van der Waals surface area contributed by atoms with E-state index in [0.29, 0.717) is 0 Å². The van der Waals surface area contributed by atoms with E-state index >= 15 is 0 Å². The zero-order chi connectivity index (χ0) is 13.7. The fourth-order valence-electron chi connectivity index (χ4n) is 2.38. The first-order valence-corrected chi connectivity index (χ1v) is 6.56. The summed E-state index contributed by atoms with van der Waals surface area (Å²) in [6.45, 7) is -0.0898. The Balaban J connectivity index is 1.91. The van der Waals surface area contributed by atoms with E-state index in [9.17, 15) is 9.18 Å². The molecule has 1 aliphatic rings. The SMILES string of the molecule is N#Cc1ccc(OCC(=O)C2CCCCC2)c(F)c1. The zero-order valence-corrected chi connectivity index (χ0v) is 10.7. The van der Waals surface area contributed by atoms with Crippen LogP contribution in [-0.2, 0) is 4.79 Å². The molecule has 2 rings (SSSR count). The molecule has 0 bridgehead atoms. The second kappa shape index (κ2) is 6.33. The minimum Gasteiger partial charge on any atom is -0.483 e. The highest BCUT2D eigenvalue weighted by atomic mass is 19.1. The Morgan fingerprint density at radius 2 is 2.11 bits per heavy atom. The highest BCUT2D eigenvalue weighted by Gasteiger charge is 2.21. The summed E-state index contributed by atoms with van der Waals surface area (Å²) in [5.74, 6) is -0.461. The molecule has 0 spiro atoms. The predicted octanol–water partition coefficient (Wildman–Crippen LogP) is 3.23. The molecular weight excluding hydrogens is 245 g/mol. The minimum absolute atomic E-state index is 0.0307. The van der Waals surface area contributed by atoms with Crippen molar-refractivity contribution in [1.82, 2.24) is 0 Å².